The van der Waals surface area contributed by atoms with Gasteiger partial charge in [-0.15, -0.1) is 23.5 Å². The number of hydrogen-bond donors (Lipinski definition) is 1. The molecule has 0 aromatic heterocycles. The van der Waals surface area contributed by atoms with Crippen LogP contribution in [0.2, 0.25) is 0 Å². The maximum absolute atomic E-state index is 12.2. The topological polar surface area (TPSA) is 47.6 Å². The van der Waals surface area contributed by atoms with Crippen LogP contribution >= 0.6 is 23.5 Å². The minimum absolute atomic E-state index is 0.0816. The second kappa shape index (κ2) is 9.06. The first-order valence-electron chi connectivity index (χ1n) is 8.15. The predicted octanol–water partition coefficient (Wildman–Crippen LogP) is 3.98. The third-order valence-corrected chi connectivity index (χ3v) is 6.89. The van der Waals surface area contributed by atoms with Crippen molar-refractivity contribution < 1.29 is 14.3 Å². The van der Waals surface area contributed by atoms with Gasteiger partial charge in [0.25, 0.3) is 5.91 Å². The molecule has 0 bridgehead atoms. The van der Waals surface area contributed by atoms with Gasteiger partial charge in [-0.2, -0.15) is 0 Å². The van der Waals surface area contributed by atoms with Crippen LogP contribution in [0, 0.1) is 0 Å². The van der Waals surface area contributed by atoms with E-state index in [0.717, 1.165) is 0 Å². The van der Waals surface area contributed by atoms with Crippen LogP contribution in [0.15, 0.2) is 48.5 Å². The number of carbonyl (C=O) groups excluding carboxylic acids is 1. The number of nitrogens with one attached hydrogen (secondary N) is 1. The number of rotatable bonds is 7. The molecule has 1 N–H and O–H groups in total. The standard InChI is InChI=1S/C19H21NO3S2/c1-22-16-4-2-3-5-17(16)23-11-10-20-18(21)14-6-8-15(9-7-14)19-24-12-13-25-19/h2-9,19H,10-13H2,1H3,(H,20,21). The molecular formula is C19H21NO3S2. The lowest BCUT2D eigenvalue weighted by Crippen LogP contribution is -2.28. The summed E-state index contributed by atoms with van der Waals surface area (Å²) in [6.07, 6.45) is 0. The maximum Gasteiger partial charge on any atom is 0.251 e. The lowest BCUT2D eigenvalue weighted by Gasteiger charge is -2.11. The molecule has 0 unspecified atom stereocenters. The van der Waals surface area contributed by atoms with Gasteiger partial charge < -0.3 is 14.8 Å². The van der Waals surface area contributed by atoms with Crippen LogP contribution in [0.4, 0.5) is 0 Å². The Morgan fingerprint density at radius 2 is 1.76 bits per heavy atom. The van der Waals surface area contributed by atoms with E-state index in [2.05, 4.69) is 17.4 Å². The average Bonchev–Trinajstić information content (AvgIpc) is 3.20. The van der Waals surface area contributed by atoms with Crippen molar-refractivity contribution in [3.05, 3.63) is 59.7 Å². The summed E-state index contributed by atoms with van der Waals surface area (Å²) in [6, 6.07) is 15.4. The van der Waals surface area contributed by atoms with E-state index in [1.165, 1.54) is 17.1 Å². The molecule has 0 atom stereocenters. The zero-order valence-electron chi connectivity index (χ0n) is 14.1. The van der Waals surface area contributed by atoms with Gasteiger partial charge in [-0.3, -0.25) is 4.79 Å². The molecule has 0 spiro atoms. The van der Waals surface area contributed by atoms with E-state index in [9.17, 15) is 4.79 Å². The highest BCUT2D eigenvalue weighted by Crippen LogP contribution is 2.45. The van der Waals surface area contributed by atoms with Gasteiger partial charge in [0.15, 0.2) is 11.5 Å². The number of ether oxygens (including phenoxy) is 2. The van der Waals surface area contributed by atoms with Gasteiger partial charge in [0.05, 0.1) is 18.2 Å². The quantitative estimate of drug-likeness (QED) is 0.742. The third-order valence-electron chi connectivity index (χ3n) is 3.78. The van der Waals surface area contributed by atoms with Crippen molar-refractivity contribution in [2.75, 3.05) is 31.8 Å². The molecule has 0 saturated carbocycles. The summed E-state index contributed by atoms with van der Waals surface area (Å²) in [5.74, 6) is 3.68. The van der Waals surface area contributed by atoms with Crippen molar-refractivity contribution in [2.45, 2.75) is 4.58 Å². The van der Waals surface area contributed by atoms with Crippen molar-refractivity contribution in [1.29, 1.82) is 0 Å². The Bertz CT molecular complexity index is 700. The Balaban J connectivity index is 1.46. The molecule has 6 heteroatoms. The summed E-state index contributed by atoms with van der Waals surface area (Å²) in [5, 5.41) is 2.88. The van der Waals surface area contributed by atoms with Crippen molar-refractivity contribution in [3.63, 3.8) is 0 Å². The molecule has 0 aliphatic carbocycles. The summed E-state index contributed by atoms with van der Waals surface area (Å²) < 4.78 is 11.4. The van der Waals surface area contributed by atoms with Gasteiger partial charge in [0.2, 0.25) is 0 Å². The van der Waals surface area contributed by atoms with Crippen LogP contribution in [0.1, 0.15) is 20.5 Å². The number of thioether (sulfide) groups is 2. The van der Waals surface area contributed by atoms with Crippen LogP contribution in [0.5, 0.6) is 11.5 Å². The number of benzene rings is 2. The molecular weight excluding hydrogens is 354 g/mol. The van der Waals surface area contributed by atoms with Gasteiger partial charge in [-0.25, -0.2) is 0 Å². The lowest BCUT2D eigenvalue weighted by molar-refractivity contribution is 0.0947. The highest BCUT2D eigenvalue weighted by Gasteiger charge is 2.18. The molecule has 1 aliphatic heterocycles. The Morgan fingerprint density at radius 1 is 1.08 bits per heavy atom. The van der Waals surface area contributed by atoms with Gasteiger partial charge in [-0.05, 0) is 29.8 Å². The van der Waals surface area contributed by atoms with Crippen LogP contribution in [-0.2, 0) is 0 Å². The molecule has 3 rings (SSSR count). The smallest absolute Gasteiger partial charge is 0.251 e. The average molecular weight is 376 g/mol. The second-order valence-electron chi connectivity index (χ2n) is 5.45. The summed E-state index contributed by atoms with van der Waals surface area (Å²) >= 11 is 3.93. The SMILES string of the molecule is COc1ccccc1OCCNC(=O)c1ccc(C2SCCS2)cc1. The fourth-order valence-electron chi connectivity index (χ4n) is 2.51. The maximum atomic E-state index is 12.2. The zero-order chi connectivity index (χ0) is 17.5. The summed E-state index contributed by atoms with van der Waals surface area (Å²) in [4.78, 5) is 12.2. The number of para-hydroxylation sites is 2. The second-order valence-corrected chi connectivity index (χ2v) is 8.18. The molecule has 4 nitrogen and oxygen atoms in total. The summed E-state index contributed by atoms with van der Waals surface area (Å²) in [6.45, 7) is 0.826. The molecule has 132 valence electrons. The Labute approximate surface area is 156 Å². The number of methoxy groups -OCH3 is 1. The molecule has 2 aromatic carbocycles. The minimum atomic E-state index is -0.0816. The molecule has 1 aliphatic rings. The Morgan fingerprint density at radius 3 is 2.44 bits per heavy atom. The number of carbonyl (C=O) groups is 1. The van der Waals surface area contributed by atoms with Crippen LogP contribution in [-0.4, -0.2) is 37.7 Å². The van der Waals surface area contributed by atoms with Gasteiger partial charge >= 0.3 is 0 Å². The van der Waals surface area contributed by atoms with E-state index in [4.69, 9.17) is 9.47 Å². The fraction of sp³-hybridized carbons (Fsp3) is 0.316. The summed E-state index contributed by atoms with van der Waals surface area (Å²) in [5.41, 5.74) is 1.96. The highest BCUT2D eigenvalue weighted by molar-refractivity contribution is 8.19. The van der Waals surface area contributed by atoms with Crippen molar-refractivity contribution in [1.82, 2.24) is 5.32 Å². The van der Waals surface area contributed by atoms with Crippen LogP contribution in [0.25, 0.3) is 0 Å². The van der Waals surface area contributed by atoms with Crippen LogP contribution in [0.3, 0.4) is 0 Å². The molecule has 2 aromatic rings. The fourth-order valence-corrected chi connectivity index (χ4v) is 5.37. The first-order chi connectivity index (χ1) is 12.3. The van der Waals surface area contributed by atoms with E-state index >= 15 is 0 Å². The van der Waals surface area contributed by atoms with E-state index in [-0.39, 0.29) is 5.91 Å². The molecule has 1 amide bonds. The summed E-state index contributed by atoms with van der Waals surface area (Å²) in [7, 11) is 1.61. The van der Waals surface area contributed by atoms with Gasteiger partial charge in [-0.1, -0.05) is 24.3 Å². The lowest BCUT2D eigenvalue weighted by atomic mass is 10.1. The monoisotopic (exact) mass is 375 g/mol. The molecule has 1 fully saturated rings. The predicted molar refractivity (Wildman–Crippen MR) is 105 cm³/mol. The highest BCUT2D eigenvalue weighted by atomic mass is 32.2. The van der Waals surface area contributed by atoms with Crippen molar-refractivity contribution in [2.24, 2.45) is 0 Å². The van der Waals surface area contributed by atoms with Gasteiger partial charge in [0, 0.05) is 17.1 Å². The molecule has 1 heterocycles. The normalized spacial score (nSPS) is 14.3. The number of hydrogen-bond acceptors (Lipinski definition) is 5. The first kappa shape index (κ1) is 18.0. The van der Waals surface area contributed by atoms with E-state index in [0.29, 0.717) is 34.8 Å². The van der Waals surface area contributed by atoms with E-state index in [1.54, 1.807) is 7.11 Å². The Hall–Kier alpha value is -1.79. The zero-order valence-corrected chi connectivity index (χ0v) is 15.7. The third kappa shape index (κ3) is 4.86. The van der Waals surface area contributed by atoms with Crippen LogP contribution < -0.4 is 14.8 Å². The Kier molecular flexibility index (Phi) is 6.53. The molecule has 1 saturated heterocycles. The largest absolute Gasteiger partial charge is 0.493 e. The van der Waals surface area contributed by atoms with Crippen molar-refractivity contribution >= 4 is 29.4 Å². The number of amides is 1. The van der Waals surface area contributed by atoms with Crippen molar-refractivity contribution in [3.8, 4) is 11.5 Å². The van der Waals surface area contributed by atoms with E-state index in [1.807, 2.05) is 59.9 Å². The first-order valence-corrected chi connectivity index (χ1v) is 10.2. The van der Waals surface area contributed by atoms with Gasteiger partial charge in [0.1, 0.15) is 6.61 Å². The molecule has 25 heavy (non-hydrogen) atoms. The molecule has 0 radical (unpaired) electrons. The minimum Gasteiger partial charge on any atom is -0.493 e. The van der Waals surface area contributed by atoms with E-state index < -0.39 is 0 Å².